The maximum absolute atomic E-state index is 12.4. The number of aliphatic hydroxyl groups excluding tert-OH is 1. The molecular formula is C17H16ClNO2. The van der Waals surface area contributed by atoms with Gasteiger partial charge in [-0.05, 0) is 35.7 Å². The minimum Gasteiger partial charge on any atom is -0.390 e. The van der Waals surface area contributed by atoms with Gasteiger partial charge in [-0.25, -0.2) is 0 Å². The second-order valence-corrected chi connectivity index (χ2v) is 5.81. The van der Waals surface area contributed by atoms with Gasteiger partial charge in [0.15, 0.2) is 0 Å². The normalized spacial score (nSPS) is 20.1. The summed E-state index contributed by atoms with van der Waals surface area (Å²) in [4.78, 5) is 12.4. The number of halogens is 1. The number of hydrogen-bond donors (Lipinski definition) is 2. The number of fused-ring (bicyclic) bond motifs is 1. The fourth-order valence-electron chi connectivity index (χ4n) is 2.77. The van der Waals surface area contributed by atoms with Crippen LogP contribution >= 0.6 is 11.6 Å². The molecule has 2 aromatic carbocycles. The molecule has 3 nitrogen and oxygen atoms in total. The van der Waals surface area contributed by atoms with E-state index in [4.69, 9.17) is 11.6 Å². The van der Waals surface area contributed by atoms with Crippen LogP contribution < -0.4 is 5.32 Å². The largest absolute Gasteiger partial charge is 0.390 e. The Hall–Kier alpha value is -1.84. The smallest absolute Gasteiger partial charge is 0.253 e. The maximum atomic E-state index is 12.4. The number of aliphatic hydroxyl groups is 1. The van der Waals surface area contributed by atoms with E-state index >= 15 is 0 Å². The molecule has 0 heterocycles. The monoisotopic (exact) mass is 301 g/mol. The molecule has 0 radical (unpaired) electrons. The molecule has 0 saturated carbocycles. The van der Waals surface area contributed by atoms with E-state index in [0.29, 0.717) is 17.0 Å². The highest BCUT2D eigenvalue weighted by atomic mass is 35.5. The highest BCUT2D eigenvalue weighted by molar-refractivity contribution is 6.33. The zero-order valence-corrected chi connectivity index (χ0v) is 12.4. The molecule has 0 fully saturated rings. The van der Waals surface area contributed by atoms with Crippen LogP contribution in [0.2, 0.25) is 5.02 Å². The van der Waals surface area contributed by atoms with Crippen LogP contribution in [0.25, 0.3) is 0 Å². The van der Waals surface area contributed by atoms with Gasteiger partial charge in [0.2, 0.25) is 0 Å². The molecule has 108 valence electrons. The second-order valence-electron chi connectivity index (χ2n) is 5.40. The van der Waals surface area contributed by atoms with Gasteiger partial charge >= 0.3 is 0 Å². The highest BCUT2D eigenvalue weighted by Crippen LogP contribution is 2.31. The van der Waals surface area contributed by atoms with Crippen LogP contribution in [0.4, 0.5) is 0 Å². The zero-order chi connectivity index (χ0) is 15.0. The van der Waals surface area contributed by atoms with Crippen molar-refractivity contribution in [1.29, 1.82) is 0 Å². The van der Waals surface area contributed by atoms with E-state index in [0.717, 1.165) is 16.7 Å². The molecule has 0 saturated heterocycles. The fraction of sp³-hybridized carbons (Fsp3) is 0.235. The summed E-state index contributed by atoms with van der Waals surface area (Å²) in [6.07, 6.45) is -0.0430. The molecule has 2 atom stereocenters. The number of benzene rings is 2. The third-order valence-corrected chi connectivity index (χ3v) is 4.17. The first-order chi connectivity index (χ1) is 10.1. The second kappa shape index (κ2) is 5.51. The quantitative estimate of drug-likeness (QED) is 0.896. The summed E-state index contributed by atoms with van der Waals surface area (Å²) in [5.74, 6) is -0.263. The van der Waals surface area contributed by atoms with E-state index in [1.165, 1.54) is 0 Å². The first kappa shape index (κ1) is 14.1. The van der Waals surface area contributed by atoms with Crippen LogP contribution in [0.1, 0.15) is 33.1 Å². The predicted octanol–water partition coefficient (Wildman–Crippen LogP) is 3.04. The molecule has 1 aliphatic carbocycles. The Morgan fingerprint density at radius 1 is 1.29 bits per heavy atom. The lowest BCUT2D eigenvalue weighted by Gasteiger charge is -2.18. The highest BCUT2D eigenvalue weighted by Gasteiger charge is 2.32. The molecular weight excluding hydrogens is 286 g/mol. The molecule has 3 rings (SSSR count). The number of carbonyl (C=O) groups is 1. The fourth-order valence-corrected chi connectivity index (χ4v) is 3.09. The summed E-state index contributed by atoms with van der Waals surface area (Å²) in [5, 5.41) is 13.5. The molecule has 4 heteroatoms. The SMILES string of the molecule is Cc1ccc(C(=O)N[C@@H]2c3ccccc3C[C@@H]2O)c(Cl)c1. The van der Waals surface area contributed by atoms with Crippen molar-refractivity contribution >= 4 is 17.5 Å². The van der Waals surface area contributed by atoms with Crippen molar-refractivity contribution in [2.24, 2.45) is 0 Å². The van der Waals surface area contributed by atoms with Crippen molar-refractivity contribution in [3.8, 4) is 0 Å². The number of aryl methyl sites for hydroxylation is 1. The minimum atomic E-state index is -0.601. The summed E-state index contributed by atoms with van der Waals surface area (Å²) in [7, 11) is 0. The lowest BCUT2D eigenvalue weighted by molar-refractivity contribution is 0.0858. The van der Waals surface area contributed by atoms with Crippen molar-refractivity contribution in [3.05, 3.63) is 69.7 Å². The van der Waals surface area contributed by atoms with Gasteiger partial charge in [0.05, 0.1) is 22.7 Å². The first-order valence-corrected chi connectivity index (χ1v) is 7.27. The van der Waals surface area contributed by atoms with Crippen molar-refractivity contribution < 1.29 is 9.90 Å². The van der Waals surface area contributed by atoms with Crippen LogP contribution in [0, 0.1) is 6.92 Å². The van der Waals surface area contributed by atoms with Gasteiger partial charge < -0.3 is 10.4 Å². The Kier molecular flexibility index (Phi) is 3.70. The summed E-state index contributed by atoms with van der Waals surface area (Å²) in [5.41, 5.74) is 3.48. The molecule has 2 N–H and O–H groups in total. The predicted molar refractivity (Wildman–Crippen MR) is 82.5 cm³/mol. The maximum Gasteiger partial charge on any atom is 0.253 e. The third-order valence-electron chi connectivity index (χ3n) is 3.86. The Balaban J connectivity index is 1.85. The number of carbonyl (C=O) groups excluding carboxylic acids is 1. The topological polar surface area (TPSA) is 49.3 Å². The molecule has 0 aromatic heterocycles. The van der Waals surface area contributed by atoms with Crippen molar-refractivity contribution in [1.82, 2.24) is 5.32 Å². The van der Waals surface area contributed by atoms with Crippen LogP contribution in [-0.2, 0) is 6.42 Å². The lowest BCUT2D eigenvalue weighted by Crippen LogP contribution is -2.34. The number of hydrogen-bond acceptors (Lipinski definition) is 2. The van der Waals surface area contributed by atoms with E-state index in [9.17, 15) is 9.90 Å². The number of nitrogens with one attached hydrogen (secondary N) is 1. The average molecular weight is 302 g/mol. The van der Waals surface area contributed by atoms with E-state index in [1.54, 1.807) is 12.1 Å². The number of rotatable bonds is 2. The van der Waals surface area contributed by atoms with Gasteiger partial charge in [0.25, 0.3) is 5.91 Å². The van der Waals surface area contributed by atoms with E-state index in [1.807, 2.05) is 37.3 Å². The number of amides is 1. The summed E-state index contributed by atoms with van der Waals surface area (Å²) in [6, 6.07) is 12.7. The molecule has 0 bridgehead atoms. The van der Waals surface area contributed by atoms with Crippen molar-refractivity contribution in [2.45, 2.75) is 25.5 Å². The Bertz CT molecular complexity index is 699. The minimum absolute atomic E-state index is 0.263. The van der Waals surface area contributed by atoms with Gasteiger partial charge in [0.1, 0.15) is 0 Å². The van der Waals surface area contributed by atoms with Crippen molar-refractivity contribution in [3.63, 3.8) is 0 Å². The summed E-state index contributed by atoms with van der Waals surface area (Å²) < 4.78 is 0. The van der Waals surface area contributed by atoms with Gasteiger partial charge in [-0.3, -0.25) is 4.79 Å². The molecule has 0 unspecified atom stereocenters. The molecule has 0 aliphatic heterocycles. The van der Waals surface area contributed by atoms with E-state index < -0.39 is 6.10 Å². The van der Waals surface area contributed by atoms with Gasteiger partial charge in [-0.15, -0.1) is 0 Å². The Morgan fingerprint density at radius 3 is 2.81 bits per heavy atom. The van der Waals surface area contributed by atoms with Crippen LogP contribution in [-0.4, -0.2) is 17.1 Å². The van der Waals surface area contributed by atoms with Crippen LogP contribution in [0.5, 0.6) is 0 Å². The molecule has 1 aliphatic rings. The first-order valence-electron chi connectivity index (χ1n) is 6.89. The van der Waals surface area contributed by atoms with Gasteiger partial charge in [0, 0.05) is 6.42 Å². The Morgan fingerprint density at radius 2 is 2.05 bits per heavy atom. The van der Waals surface area contributed by atoms with Crippen LogP contribution in [0.3, 0.4) is 0 Å². The molecule has 0 spiro atoms. The van der Waals surface area contributed by atoms with Gasteiger partial charge in [-0.2, -0.15) is 0 Å². The van der Waals surface area contributed by atoms with Crippen LogP contribution in [0.15, 0.2) is 42.5 Å². The molecule has 1 amide bonds. The summed E-state index contributed by atoms with van der Waals surface area (Å²) in [6.45, 7) is 1.92. The zero-order valence-electron chi connectivity index (χ0n) is 11.6. The van der Waals surface area contributed by atoms with E-state index in [-0.39, 0.29) is 11.9 Å². The molecule has 2 aromatic rings. The lowest BCUT2D eigenvalue weighted by atomic mass is 10.1. The molecule has 21 heavy (non-hydrogen) atoms. The average Bonchev–Trinajstić information content (AvgIpc) is 2.75. The third kappa shape index (κ3) is 2.67. The van der Waals surface area contributed by atoms with Crippen molar-refractivity contribution in [2.75, 3.05) is 0 Å². The Labute approximate surface area is 128 Å². The van der Waals surface area contributed by atoms with E-state index in [2.05, 4.69) is 5.32 Å². The summed E-state index contributed by atoms with van der Waals surface area (Å²) >= 11 is 6.12. The van der Waals surface area contributed by atoms with Gasteiger partial charge in [-0.1, -0.05) is 41.9 Å². The standard InChI is InChI=1S/C17H16ClNO2/c1-10-6-7-13(14(18)8-10)17(21)19-16-12-5-3-2-4-11(12)9-15(16)20/h2-8,15-16,20H,9H2,1H3,(H,19,21)/t15-,16+/m0/s1.